The Morgan fingerprint density at radius 3 is 2.32 bits per heavy atom. The number of carbonyl (C=O) groups excluding carboxylic acids is 2. The summed E-state index contributed by atoms with van der Waals surface area (Å²) in [7, 11) is 0. The summed E-state index contributed by atoms with van der Waals surface area (Å²) in [6.45, 7) is 6.02. The first kappa shape index (κ1) is 19.4. The van der Waals surface area contributed by atoms with Gasteiger partial charge in [-0.05, 0) is 48.2 Å². The summed E-state index contributed by atoms with van der Waals surface area (Å²) in [6.07, 6.45) is 1.45. The third-order valence-corrected chi connectivity index (χ3v) is 4.60. The molecule has 1 heterocycles. The van der Waals surface area contributed by atoms with E-state index < -0.39 is 0 Å². The minimum absolute atomic E-state index is 0.101. The van der Waals surface area contributed by atoms with Crippen LogP contribution in [0.4, 0.5) is 5.69 Å². The molecular weight excluding hydrogens is 352 g/mol. The molecule has 3 aromatic rings. The van der Waals surface area contributed by atoms with Crippen LogP contribution in [0.2, 0.25) is 0 Å². The second-order valence-electron chi connectivity index (χ2n) is 7.07. The lowest BCUT2D eigenvalue weighted by Crippen LogP contribution is -2.31. The van der Waals surface area contributed by atoms with Gasteiger partial charge in [0.05, 0.1) is 12.3 Å². The predicted molar refractivity (Wildman–Crippen MR) is 109 cm³/mol. The lowest BCUT2D eigenvalue weighted by atomic mass is 9.95. The fraction of sp³-hybridized carbons (Fsp3) is 0.217. The SMILES string of the molecule is Cc1ccc(C(=O)NC(c2ccccc2)C(C)C)cc1NC(=O)c1ccco1. The number of hydrogen-bond donors (Lipinski definition) is 2. The molecule has 1 aromatic heterocycles. The van der Waals surface area contributed by atoms with Crippen LogP contribution in [0.5, 0.6) is 0 Å². The average molecular weight is 376 g/mol. The number of hydrogen-bond acceptors (Lipinski definition) is 3. The minimum Gasteiger partial charge on any atom is -0.459 e. The van der Waals surface area contributed by atoms with Crippen LogP contribution < -0.4 is 10.6 Å². The number of anilines is 1. The van der Waals surface area contributed by atoms with Crippen LogP contribution in [0.3, 0.4) is 0 Å². The molecule has 28 heavy (non-hydrogen) atoms. The van der Waals surface area contributed by atoms with Gasteiger partial charge >= 0.3 is 0 Å². The van der Waals surface area contributed by atoms with Gasteiger partial charge in [0.1, 0.15) is 0 Å². The van der Waals surface area contributed by atoms with E-state index in [1.807, 2.05) is 43.3 Å². The Morgan fingerprint density at radius 1 is 0.929 bits per heavy atom. The molecular formula is C23H24N2O3. The van der Waals surface area contributed by atoms with Crippen molar-refractivity contribution < 1.29 is 14.0 Å². The first-order valence-corrected chi connectivity index (χ1v) is 9.27. The molecule has 2 amide bonds. The summed E-state index contributed by atoms with van der Waals surface area (Å²) in [5.41, 5.74) is 2.99. The number of rotatable bonds is 6. The van der Waals surface area contributed by atoms with Crippen LogP contribution in [-0.2, 0) is 0 Å². The highest BCUT2D eigenvalue weighted by molar-refractivity contribution is 6.04. The van der Waals surface area contributed by atoms with Crippen molar-refractivity contribution in [1.29, 1.82) is 0 Å². The number of benzene rings is 2. The van der Waals surface area contributed by atoms with E-state index in [0.29, 0.717) is 11.3 Å². The van der Waals surface area contributed by atoms with Crippen molar-refractivity contribution in [2.45, 2.75) is 26.8 Å². The highest BCUT2D eigenvalue weighted by Gasteiger charge is 2.20. The Bertz CT molecular complexity index is 947. The average Bonchev–Trinajstić information content (AvgIpc) is 3.23. The molecule has 0 saturated carbocycles. The molecule has 0 spiro atoms. The fourth-order valence-corrected chi connectivity index (χ4v) is 3.01. The monoisotopic (exact) mass is 376 g/mol. The molecule has 2 aromatic carbocycles. The normalized spacial score (nSPS) is 11.9. The van der Waals surface area contributed by atoms with E-state index in [-0.39, 0.29) is 29.5 Å². The fourth-order valence-electron chi connectivity index (χ4n) is 3.01. The number of aryl methyl sites for hydroxylation is 1. The molecule has 0 saturated heterocycles. The second kappa shape index (κ2) is 8.57. The van der Waals surface area contributed by atoms with Crippen molar-refractivity contribution >= 4 is 17.5 Å². The zero-order valence-corrected chi connectivity index (χ0v) is 16.2. The molecule has 1 atom stereocenters. The molecule has 0 aliphatic rings. The molecule has 0 fully saturated rings. The first-order valence-electron chi connectivity index (χ1n) is 9.27. The first-order chi connectivity index (χ1) is 13.5. The lowest BCUT2D eigenvalue weighted by molar-refractivity contribution is 0.0924. The van der Waals surface area contributed by atoms with Crippen LogP contribution >= 0.6 is 0 Å². The van der Waals surface area contributed by atoms with E-state index >= 15 is 0 Å². The maximum Gasteiger partial charge on any atom is 0.291 e. The number of nitrogens with one attached hydrogen (secondary N) is 2. The van der Waals surface area contributed by atoms with E-state index in [1.165, 1.54) is 6.26 Å². The maximum absolute atomic E-state index is 12.9. The van der Waals surface area contributed by atoms with Crippen molar-refractivity contribution in [2.75, 3.05) is 5.32 Å². The van der Waals surface area contributed by atoms with Crippen molar-refractivity contribution in [3.8, 4) is 0 Å². The Labute approximate surface area is 164 Å². The Balaban J connectivity index is 1.79. The van der Waals surface area contributed by atoms with Crippen molar-refractivity contribution in [2.24, 2.45) is 5.92 Å². The zero-order valence-electron chi connectivity index (χ0n) is 16.2. The van der Waals surface area contributed by atoms with E-state index in [9.17, 15) is 9.59 Å². The van der Waals surface area contributed by atoms with Crippen LogP contribution in [0.1, 0.15) is 51.9 Å². The molecule has 0 aliphatic heterocycles. The van der Waals surface area contributed by atoms with Gasteiger partial charge in [0.15, 0.2) is 5.76 Å². The molecule has 5 nitrogen and oxygen atoms in total. The summed E-state index contributed by atoms with van der Waals surface area (Å²) in [6, 6.07) is 18.3. The number of carbonyl (C=O) groups is 2. The number of furan rings is 1. The molecule has 5 heteroatoms. The molecule has 2 N–H and O–H groups in total. The standard InChI is InChI=1S/C23H24N2O3/c1-15(2)21(17-8-5-4-6-9-17)25-22(26)18-12-11-16(3)19(14-18)24-23(27)20-10-7-13-28-20/h4-15,21H,1-3H3,(H,24,27)(H,25,26). The van der Waals surface area contributed by atoms with Gasteiger partial charge in [-0.1, -0.05) is 50.2 Å². The largest absolute Gasteiger partial charge is 0.459 e. The minimum atomic E-state index is -0.352. The van der Waals surface area contributed by atoms with Gasteiger partial charge in [0.25, 0.3) is 11.8 Å². The van der Waals surface area contributed by atoms with Gasteiger partial charge in [-0.3, -0.25) is 9.59 Å². The Morgan fingerprint density at radius 2 is 1.68 bits per heavy atom. The van der Waals surface area contributed by atoms with Gasteiger partial charge in [-0.15, -0.1) is 0 Å². The zero-order chi connectivity index (χ0) is 20.1. The van der Waals surface area contributed by atoms with Crippen LogP contribution in [-0.4, -0.2) is 11.8 Å². The molecule has 0 radical (unpaired) electrons. The summed E-state index contributed by atoms with van der Waals surface area (Å²) < 4.78 is 5.12. The molecule has 0 bridgehead atoms. The van der Waals surface area contributed by atoms with Gasteiger partial charge in [0.2, 0.25) is 0 Å². The van der Waals surface area contributed by atoms with E-state index in [4.69, 9.17) is 4.42 Å². The van der Waals surface area contributed by atoms with Gasteiger partial charge in [-0.2, -0.15) is 0 Å². The Kier molecular flexibility index (Phi) is 5.94. The van der Waals surface area contributed by atoms with E-state index in [2.05, 4.69) is 24.5 Å². The summed E-state index contributed by atoms with van der Waals surface area (Å²) in [5.74, 6) is -0.0841. The summed E-state index contributed by atoms with van der Waals surface area (Å²) in [4.78, 5) is 25.1. The maximum atomic E-state index is 12.9. The van der Waals surface area contributed by atoms with Crippen LogP contribution in [0, 0.1) is 12.8 Å². The van der Waals surface area contributed by atoms with Gasteiger partial charge < -0.3 is 15.1 Å². The van der Waals surface area contributed by atoms with Crippen LogP contribution in [0.25, 0.3) is 0 Å². The highest BCUT2D eigenvalue weighted by atomic mass is 16.3. The highest BCUT2D eigenvalue weighted by Crippen LogP contribution is 2.23. The molecule has 1 unspecified atom stereocenters. The summed E-state index contributed by atoms with van der Waals surface area (Å²) >= 11 is 0. The van der Waals surface area contributed by atoms with E-state index in [1.54, 1.807) is 24.3 Å². The summed E-state index contributed by atoms with van der Waals surface area (Å²) in [5, 5.41) is 5.91. The van der Waals surface area contributed by atoms with Crippen LogP contribution in [0.15, 0.2) is 71.3 Å². The topological polar surface area (TPSA) is 71.3 Å². The second-order valence-corrected chi connectivity index (χ2v) is 7.07. The quantitative estimate of drug-likeness (QED) is 0.638. The molecule has 0 aliphatic carbocycles. The van der Waals surface area contributed by atoms with Gasteiger partial charge in [-0.25, -0.2) is 0 Å². The molecule has 3 rings (SSSR count). The Hall–Kier alpha value is -3.34. The van der Waals surface area contributed by atoms with Crippen molar-refractivity contribution in [1.82, 2.24) is 5.32 Å². The molecule has 144 valence electrons. The van der Waals surface area contributed by atoms with Crippen molar-refractivity contribution in [3.05, 3.63) is 89.4 Å². The lowest BCUT2D eigenvalue weighted by Gasteiger charge is -2.23. The third-order valence-electron chi connectivity index (χ3n) is 4.60. The van der Waals surface area contributed by atoms with Gasteiger partial charge in [0, 0.05) is 11.3 Å². The smallest absolute Gasteiger partial charge is 0.291 e. The predicted octanol–water partition coefficient (Wildman–Crippen LogP) is 4.97. The third kappa shape index (κ3) is 4.49. The van der Waals surface area contributed by atoms with Crippen molar-refractivity contribution in [3.63, 3.8) is 0 Å². The number of amides is 2. The van der Waals surface area contributed by atoms with E-state index in [0.717, 1.165) is 11.1 Å².